The Morgan fingerprint density at radius 1 is 1.00 bits per heavy atom. The van der Waals surface area contributed by atoms with Crippen LogP contribution in [0.3, 0.4) is 0 Å². The fourth-order valence-electron chi connectivity index (χ4n) is 2.50. The zero-order valence-corrected chi connectivity index (χ0v) is 11.9. The largest absolute Gasteiger partial charge is 0.310 e. The van der Waals surface area contributed by atoms with E-state index in [0.717, 1.165) is 17.7 Å². The van der Waals surface area contributed by atoms with Gasteiger partial charge in [-0.3, -0.25) is 4.98 Å². The molecule has 0 radical (unpaired) electrons. The molecule has 1 aliphatic heterocycles. The first-order valence-electron chi connectivity index (χ1n) is 6.37. The maximum atomic E-state index is 6.05. The smallest absolute Gasteiger partial charge is 0.0426 e. The van der Waals surface area contributed by atoms with Crippen molar-refractivity contribution in [1.82, 2.24) is 10.3 Å². The monoisotopic (exact) mass is 292 g/mol. The van der Waals surface area contributed by atoms with Crippen LogP contribution in [-0.4, -0.2) is 11.5 Å². The molecule has 1 N–H and O–H groups in total. The lowest BCUT2D eigenvalue weighted by Gasteiger charge is -2.12. The molecule has 1 atom stereocenters. The minimum Gasteiger partial charge on any atom is -0.310 e. The van der Waals surface area contributed by atoms with Gasteiger partial charge in [-0.25, -0.2) is 0 Å². The predicted octanol–water partition coefficient (Wildman–Crippen LogP) is 4.48. The molecule has 0 saturated carbocycles. The standard InChI is InChI=1S/C15H14Cl2N2/c16-13-5-10(6-14(17)7-13)11-4-12(9-18-8-11)15-2-1-3-19-15/h4-9,15,19H,1-3H2. The molecule has 3 rings (SSSR count). The van der Waals surface area contributed by atoms with E-state index >= 15 is 0 Å². The molecule has 1 aromatic carbocycles. The second-order valence-electron chi connectivity index (χ2n) is 4.81. The van der Waals surface area contributed by atoms with Crippen molar-refractivity contribution < 1.29 is 0 Å². The summed E-state index contributed by atoms with van der Waals surface area (Å²) in [5, 5.41) is 4.77. The molecule has 1 unspecified atom stereocenters. The van der Waals surface area contributed by atoms with E-state index in [1.54, 1.807) is 6.07 Å². The van der Waals surface area contributed by atoms with Crippen LogP contribution in [0.5, 0.6) is 0 Å². The Morgan fingerprint density at radius 2 is 1.79 bits per heavy atom. The summed E-state index contributed by atoms with van der Waals surface area (Å²) >= 11 is 12.1. The van der Waals surface area contributed by atoms with Gasteiger partial charge in [0, 0.05) is 34.0 Å². The molecule has 2 nitrogen and oxygen atoms in total. The Balaban J connectivity index is 1.98. The number of hydrogen-bond acceptors (Lipinski definition) is 2. The Hall–Kier alpha value is -1.09. The minimum absolute atomic E-state index is 0.419. The molecule has 0 spiro atoms. The van der Waals surface area contributed by atoms with Crippen LogP contribution >= 0.6 is 23.2 Å². The van der Waals surface area contributed by atoms with E-state index in [1.807, 2.05) is 24.5 Å². The van der Waals surface area contributed by atoms with Crippen LogP contribution in [0.15, 0.2) is 36.7 Å². The Kier molecular flexibility index (Phi) is 3.74. The minimum atomic E-state index is 0.419. The molecular weight excluding hydrogens is 279 g/mol. The summed E-state index contributed by atoms with van der Waals surface area (Å²) < 4.78 is 0. The molecule has 0 amide bonds. The molecule has 1 fully saturated rings. The first kappa shape index (κ1) is 12.9. The number of halogens is 2. The average Bonchev–Trinajstić information content (AvgIpc) is 2.92. The number of hydrogen-bond donors (Lipinski definition) is 1. The van der Waals surface area contributed by atoms with Crippen molar-refractivity contribution in [2.75, 3.05) is 6.54 Å². The molecule has 4 heteroatoms. The third-order valence-electron chi connectivity index (χ3n) is 3.42. The van der Waals surface area contributed by atoms with Crippen molar-refractivity contribution in [2.24, 2.45) is 0 Å². The van der Waals surface area contributed by atoms with Gasteiger partial charge in [0.05, 0.1) is 0 Å². The Morgan fingerprint density at radius 3 is 2.47 bits per heavy atom. The molecule has 0 bridgehead atoms. The number of pyridine rings is 1. The van der Waals surface area contributed by atoms with Gasteiger partial charge in [0.2, 0.25) is 0 Å². The summed E-state index contributed by atoms with van der Waals surface area (Å²) in [5.41, 5.74) is 3.28. The van der Waals surface area contributed by atoms with Crippen LogP contribution in [0.4, 0.5) is 0 Å². The number of aromatic nitrogens is 1. The lowest BCUT2D eigenvalue weighted by Crippen LogP contribution is -2.12. The van der Waals surface area contributed by atoms with Gasteiger partial charge in [-0.15, -0.1) is 0 Å². The number of rotatable bonds is 2. The van der Waals surface area contributed by atoms with Gasteiger partial charge in [0.1, 0.15) is 0 Å². The van der Waals surface area contributed by atoms with Gasteiger partial charge in [-0.1, -0.05) is 23.2 Å². The first-order chi connectivity index (χ1) is 9.22. The Labute approximate surface area is 122 Å². The lowest BCUT2D eigenvalue weighted by molar-refractivity contribution is 0.645. The van der Waals surface area contributed by atoms with Crippen LogP contribution in [0.1, 0.15) is 24.4 Å². The van der Waals surface area contributed by atoms with E-state index in [2.05, 4.69) is 16.4 Å². The van der Waals surface area contributed by atoms with Gasteiger partial charge in [-0.05, 0) is 54.8 Å². The van der Waals surface area contributed by atoms with E-state index in [9.17, 15) is 0 Å². The van der Waals surface area contributed by atoms with Crippen LogP contribution in [0.25, 0.3) is 11.1 Å². The molecular formula is C15H14Cl2N2. The van der Waals surface area contributed by atoms with Crippen molar-refractivity contribution >= 4 is 23.2 Å². The van der Waals surface area contributed by atoms with E-state index in [-0.39, 0.29) is 0 Å². The van der Waals surface area contributed by atoms with Crippen molar-refractivity contribution in [3.8, 4) is 11.1 Å². The van der Waals surface area contributed by atoms with Crippen molar-refractivity contribution in [3.05, 3.63) is 52.3 Å². The molecule has 1 aromatic heterocycles. The highest BCUT2D eigenvalue weighted by Gasteiger charge is 2.16. The summed E-state index contributed by atoms with van der Waals surface area (Å²) in [7, 11) is 0. The summed E-state index contributed by atoms with van der Waals surface area (Å²) in [4.78, 5) is 4.34. The van der Waals surface area contributed by atoms with Gasteiger partial charge >= 0.3 is 0 Å². The zero-order chi connectivity index (χ0) is 13.2. The molecule has 98 valence electrons. The quantitative estimate of drug-likeness (QED) is 0.883. The third-order valence-corrected chi connectivity index (χ3v) is 3.85. The van der Waals surface area contributed by atoms with Gasteiger partial charge < -0.3 is 5.32 Å². The van der Waals surface area contributed by atoms with E-state index < -0.39 is 0 Å². The van der Waals surface area contributed by atoms with Crippen molar-refractivity contribution in [2.45, 2.75) is 18.9 Å². The topological polar surface area (TPSA) is 24.9 Å². The molecule has 1 saturated heterocycles. The number of nitrogens with zero attached hydrogens (tertiary/aromatic N) is 1. The molecule has 2 heterocycles. The predicted molar refractivity (Wildman–Crippen MR) is 79.7 cm³/mol. The van der Waals surface area contributed by atoms with E-state index in [4.69, 9.17) is 23.2 Å². The maximum Gasteiger partial charge on any atom is 0.0426 e. The SMILES string of the molecule is Clc1cc(Cl)cc(-c2cncc(C3CCCN3)c2)c1. The fraction of sp³-hybridized carbons (Fsp3) is 0.267. The summed E-state index contributed by atoms with van der Waals surface area (Å²) in [6.45, 7) is 1.08. The van der Waals surface area contributed by atoms with Gasteiger partial charge in [0.25, 0.3) is 0 Å². The Bertz CT molecular complexity index is 572. The summed E-state index contributed by atoms with van der Waals surface area (Å²) in [5.74, 6) is 0. The maximum absolute atomic E-state index is 6.05. The molecule has 2 aromatic rings. The van der Waals surface area contributed by atoms with E-state index in [0.29, 0.717) is 16.1 Å². The lowest BCUT2D eigenvalue weighted by atomic mass is 10.0. The highest BCUT2D eigenvalue weighted by Crippen LogP contribution is 2.30. The van der Waals surface area contributed by atoms with Crippen LogP contribution < -0.4 is 5.32 Å². The first-order valence-corrected chi connectivity index (χ1v) is 7.13. The third kappa shape index (κ3) is 2.92. The zero-order valence-electron chi connectivity index (χ0n) is 10.4. The highest BCUT2D eigenvalue weighted by atomic mass is 35.5. The van der Waals surface area contributed by atoms with Gasteiger partial charge in [-0.2, -0.15) is 0 Å². The molecule has 19 heavy (non-hydrogen) atoms. The average molecular weight is 293 g/mol. The fourth-order valence-corrected chi connectivity index (χ4v) is 3.02. The number of benzene rings is 1. The van der Waals surface area contributed by atoms with Crippen molar-refractivity contribution in [1.29, 1.82) is 0 Å². The van der Waals surface area contributed by atoms with Gasteiger partial charge in [0.15, 0.2) is 0 Å². The van der Waals surface area contributed by atoms with Crippen LogP contribution in [0.2, 0.25) is 10.0 Å². The van der Waals surface area contributed by atoms with Crippen LogP contribution in [0, 0.1) is 0 Å². The van der Waals surface area contributed by atoms with Crippen LogP contribution in [-0.2, 0) is 0 Å². The normalized spacial score (nSPS) is 18.7. The number of nitrogens with one attached hydrogen (secondary N) is 1. The second-order valence-corrected chi connectivity index (χ2v) is 5.69. The molecule has 0 aliphatic carbocycles. The molecule has 1 aliphatic rings. The summed E-state index contributed by atoms with van der Waals surface area (Å²) in [6.07, 6.45) is 6.17. The van der Waals surface area contributed by atoms with Crippen molar-refractivity contribution in [3.63, 3.8) is 0 Å². The van der Waals surface area contributed by atoms with E-state index in [1.165, 1.54) is 18.4 Å². The highest BCUT2D eigenvalue weighted by molar-refractivity contribution is 6.35. The summed E-state index contributed by atoms with van der Waals surface area (Å²) in [6, 6.07) is 8.15. The second kappa shape index (κ2) is 5.49.